The Morgan fingerprint density at radius 3 is 2.56 bits per heavy atom. The summed E-state index contributed by atoms with van der Waals surface area (Å²) in [6.45, 7) is 1.91. The molecule has 0 aliphatic heterocycles. The zero-order chi connectivity index (χ0) is 13.1. The second-order valence-electron chi connectivity index (χ2n) is 3.67. The van der Waals surface area contributed by atoms with Crippen molar-refractivity contribution in [3.05, 3.63) is 47.3 Å². The van der Waals surface area contributed by atoms with E-state index in [1.807, 2.05) is 6.92 Å². The Kier molecular flexibility index (Phi) is 3.09. The Bertz CT molecular complexity index is 586. The number of carboxylic acids is 1. The van der Waals surface area contributed by atoms with Gasteiger partial charge in [-0.15, -0.1) is 0 Å². The van der Waals surface area contributed by atoms with Gasteiger partial charge in [0, 0.05) is 0 Å². The average molecular weight is 246 g/mol. The molecule has 0 saturated heterocycles. The van der Waals surface area contributed by atoms with E-state index in [9.17, 15) is 9.59 Å². The Morgan fingerprint density at radius 1 is 1.28 bits per heavy atom. The minimum absolute atomic E-state index is 0.178. The van der Waals surface area contributed by atoms with E-state index in [1.165, 1.54) is 0 Å². The number of hydrogen-bond acceptors (Lipinski definition) is 4. The van der Waals surface area contributed by atoms with Gasteiger partial charge < -0.3 is 9.84 Å². The number of ether oxygens (including phenoxy) is 1. The fourth-order valence-electron chi connectivity index (χ4n) is 1.37. The topological polar surface area (TPSA) is 92.3 Å². The van der Waals surface area contributed by atoms with E-state index >= 15 is 0 Å². The standard InChI is InChI=1S/C12H10N2O4/c1-7-2-4-8(5-3-7)18-12(17)10-9(11(15)16)6-13-14-10/h2-6H,1H3,(H,13,14)(H,15,16). The minimum atomic E-state index is -1.24. The van der Waals surface area contributed by atoms with Gasteiger partial charge in [0.25, 0.3) is 0 Å². The Morgan fingerprint density at radius 2 is 1.94 bits per heavy atom. The Balaban J connectivity index is 2.19. The van der Waals surface area contributed by atoms with Crippen molar-refractivity contribution >= 4 is 11.9 Å². The van der Waals surface area contributed by atoms with Crippen LogP contribution in [-0.4, -0.2) is 27.2 Å². The van der Waals surface area contributed by atoms with Crippen molar-refractivity contribution in [1.82, 2.24) is 10.2 Å². The molecule has 0 aliphatic rings. The lowest BCUT2D eigenvalue weighted by atomic mass is 10.2. The summed E-state index contributed by atoms with van der Waals surface area (Å²) in [4.78, 5) is 22.5. The molecule has 0 radical (unpaired) electrons. The molecular formula is C12H10N2O4. The second-order valence-corrected chi connectivity index (χ2v) is 3.67. The summed E-state index contributed by atoms with van der Waals surface area (Å²) in [7, 11) is 0. The first-order valence-electron chi connectivity index (χ1n) is 5.13. The molecule has 0 fully saturated rings. The van der Waals surface area contributed by atoms with Crippen molar-refractivity contribution in [3.63, 3.8) is 0 Å². The van der Waals surface area contributed by atoms with Gasteiger partial charge in [0.15, 0.2) is 5.69 Å². The first-order valence-corrected chi connectivity index (χ1v) is 5.13. The van der Waals surface area contributed by atoms with E-state index in [2.05, 4.69) is 10.2 Å². The van der Waals surface area contributed by atoms with Crippen LogP contribution in [0.4, 0.5) is 0 Å². The Labute approximate surface area is 102 Å². The van der Waals surface area contributed by atoms with Crippen LogP contribution in [0.5, 0.6) is 5.75 Å². The number of esters is 1. The van der Waals surface area contributed by atoms with Crippen LogP contribution in [0.2, 0.25) is 0 Å². The number of carbonyl (C=O) groups excluding carboxylic acids is 1. The number of aromatic carboxylic acids is 1. The van der Waals surface area contributed by atoms with E-state index in [-0.39, 0.29) is 11.3 Å². The summed E-state index contributed by atoms with van der Waals surface area (Å²) in [5, 5.41) is 14.7. The van der Waals surface area contributed by atoms with Gasteiger partial charge in [0.1, 0.15) is 11.3 Å². The van der Waals surface area contributed by atoms with E-state index in [4.69, 9.17) is 9.84 Å². The predicted octanol–water partition coefficient (Wildman–Crippen LogP) is 1.64. The maximum atomic E-state index is 11.7. The van der Waals surface area contributed by atoms with Crippen LogP contribution in [-0.2, 0) is 0 Å². The van der Waals surface area contributed by atoms with Crippen molar-refractivity contribution in [2.45, 2.75) is 6.92 Å². The number of H-pyrrole nitrogens is 1. The van der Waals surface area contributed by atoms with Crippen LogP contribution in [0.3, 0.4) is 0 Å². The molecule has 0 aliphatic carbocycles. The Hall–Kier alpha value is -2.63. The first kappa shape index (κ1) is 11.8. The highest BCUT2D eigenvalue weighted by atomic mass is 16.5. The lowest BCUT2D eigenvalue weighted by Gasteiger charge is -2.03. The molecule has 2 aromatic rings. The van der Waals surface area contributed by atoms with Gasteiger partial charge >= 0.3 is 11.9 Å². The third-order valence-electron chi connectivity index (χ3n) is 2.31. The monoisotopic (exact) mass is 246 g/mol. The smallest absolute Gasteiger partial charge is 0.362 e. The number of benzene rings is 1. The fraction of sp³-hybridized carbons (Fsp3) is 0.0833. The summed E-state index contributed by atoms with van der Waals surface area (Å²) >= 11 is 0. The van der Waals surface area contributed by atoms with Crippen molar-refractivity contribution < 1.29 is 19.4 Å². The van der Waals surface area contributed by atoms with Crippen LogP contribution >= 0.6 is 0 Å². The van der Waals surface area contributed by atoms with E-state index in [1.54, 1.807) is 24.3 Å². The van der Waals surface area contributed by atoms with E-state index in [0.29, 0.717) is 5.75 Å². The second kappa shape index (κ2) is 4.70. The van der Waals surface area contributed by atoms with Gasteiger partial charge in [-0.1, -0.05) is 17.7 Å². The van der Waals surface area contributed by atoms with Gasteiger partial charge in [0.05, 0.1) is 6.20 Å². The lowest BCUT2D eigenvalue weighted by Crippen LogP contribution is -2.13. The summed E-state index contributed by atoms with van der Waals surface area (Å²) in [6, 6.07) is 6.83. The molecule has 0 saturated carbocycles. The third kappa shape index (κ3) is 2.37. The molecule has 1 aromatic carbocycles. The highest BCUT2D eigenvalue weighted by molar-refractivity contribution is 6.01. The largest absolute Gasteiger partial charge is 0.478 e. The number of hydrogen-bond donors (Lipinski definition) is 2. The summed E-state index contributed by atoms with van der Waals surface area (Å²) < 4.78 is 5.03. The van der Waals surface area contributed by atoms with Crippen molar-refractivity contribution in [1.29, 1.82) is 0 Å². The average Bonchev–Trinajstić information content (AvgIpc) is 2.81. The number of nitrogens with zero attached hydrogens (tertiary/aromatic N) is 1. The molecule has 92 valence electrons. The summed E-state index contributed by atoms with van der Waals surface area (Å²) in [5.41, 5.74) is 0.637. The molecule has 0 amide bonds. The summed E-state index contributed by atoms with van der Waals surface area (Å²) in [5.74, 6) is -1.68. The maximum absolute atomic E-state index is 11.7. The van der Waals surface area contributed by atoms with Crippen LogP contribution in [0.15, 0.2) is 30.5 Å². The molecule has 2 N–H and O–H groups in total. The summed E-state index contributed by atoms with van der Waals surface area (Å²) in [6.07, 6.45) is 1.06. The molecule has 6 nitrogen and oxygen atoms in total. The SMILES string of the molecule is Cc1ccc(OC(=O)c2[nH]ncc2C(=O)O)cc1. The molecule has 0 spiro atoms. The zero-order valence-corrected chi connectivity index (χ0v) is 9.51. The van der Waals surface area contributed by atoms with Gasteiger partial charge in [-0.05, 0) is 19.1 Å². The van der Waals surface area contributed by atoms with Crippen LogP contribution in [0, 0.1) is 6.92 Å². The molecule has 0 unspecified atom stereocenters. The maximum Gasteiger partial charge on any atom is 0.362 e. The van der Waals surface area contributed by atoms with Crippen LogP contribution in [0.25, 0.3) is 0 Å². The molecule has 18 heavy (non-hydrogen) atoms. The number of carbonyl (C=O) groups is 2. The fourth-order valence-corrected chi connectivity index (χ4v) is 1.37. The van der Waals surface area contributed by atoms with Crippen molar-refractivity contribution in [3.8, 4) is 5.75 Å². The van der Waals surface area contributed by atoms with E-state index < -0.39 is 11.9 Å². The number of aromatic amines is 1. The lowest BCUT2D eigenvalue weighted by molar-refractivity contribution is 0.0666. The normalized spacial score (nSPS) is 10.1. The molecule has 1 heterocycles. The molecular weight excluding hydrogens is 236 g/mol. The van der Waals surface area contributed by atoms with E-state index in [0.717, 1.165) is 11.8 Å². The van der Waals surface area contributed by atoms with Crippen LogP contribution in [0.1, 0.15) is 26.4 Å². The number of nitrogens with one attached hydrogen (secondary N) is 1. The zero-order valence-electron chi connectivity index (χ0n) is 9.51. The van der Waals surface area contributed by atoms with Crippen molar-refractivity contribution in [2.24, 2.45) is 0 Å². The number of aromatic nitrogens is 2. The molecule has 0 bridgehead atoms. The first-order chi connectivity index (χ1) is 8.58. The number of rotatable bonds is 3. The molecule has 2 rings (SSSR count). The van der Waals surface area contributed by atoms with Gasteiger partial charge in [0.2, 0.25) is 0 Å². The third-order valence-corrected chi connectivity index (χ3v) is 2.31. The number of carboxylic acid groups (broad SMARTS) is 1. The molecule has 6 heteroatoms. The van der Waals surface area contributed by atoms with Gasteiger partial charge in [-0.3, -0.25) is 5.10 Å². The van der Waals surface area contributed by atoms with Crippen molar-refractivity contribution in [2.75, 3.05) is 0 Å². The molecule has 1 aromatic heterocycles. The highest BCUT2D eigenvalue weighted by Crippen LogP contribution is 2.14. The van der Waals surface area contributed by atoms with Gasteiger partial charge in [-0.2, -0.15) is 5.10 Å². The van der Waals surface area contributed by atoms with Gasteiger partial charge in [-0.25, -0.2) is 9.59 Å². The quantitative estimate of drug-likeness (QED) is 0.634. The molecule has 0 atom stereocenters. The highest BCUT2D eigenvalue weighted by Gasteiger charge is 2.20. The van der Waals surface area contributed by atoms with Crippen LogP contribution < -0.4 is 4.74 Å². The predicted molar refractivity (Wildman–Crippen MR) is 61.7 cm³/mol. The minimum Gasteiger partial charge on any atom is -0.478 e. The number of aryl methyl sites for hydroxylation is 1.